The average Bonchev–Trinajstić information content (AvgIpc) is 3.21. The molecule has 1 atom stereocenters. The highest BCUT2D eigenvalue weighted by atomic mass is 35.5. The zero-order valence-corrected chi connectivity index (χ0v) is 16.7. The molecule has 25 heavy (non-hydrogen) atoms. The second-order valence-electron chi connectivity index (χ2n) is 8.06. The number of piperidine rings is 1. The lowest BCUT2D eigenvalue weighted by Crippen LogP contribution is -2.42. The van der Waals surface area contributed by atoms with Crippen LogP contribution in [0.5, 0.6) is 5.75 Å². The van der Waals surface area contributed by atoms with Crippen molar-refractivity contribution in [3.8, 4) is 5.75 Å². The third-order valence-corrected chi connectivity index (χ3v) is 6.08. The van der Waals surface area contributed by atoms with Gasteiger partial charge in [-0.05, 0) is 63.5 Å². The molecule has 1 saturated carbocycles. The van der Waals surface area contributed by atoms with Crippen molar-refractivity contribution in [1.82, 2.24) is 4.90 Å². The highest BCUT2D eigenvalue weighted by Gasteiger charge is 2.57. The molecular formula is C19H25Cl2NO3. The van der Waals surface area contributed by atoms with Gasteiger partial charge in [-0.2, -0.15) is 0 Å². The van der Waals surface area contributed by atoms with Gasteiger partial charge in [-0.1, -0.05) is 23.2 Å². The van der Waals surface area contributed by atoms with E-state index in [4.69, 9.17) is 32.7 Å². The standard InChI is InChI=1S/C19H25Cl2NO3/c1-18(2,3)25-17(23)22-9-7-19(8-10-22)11-12(19)15-14(24-4)6-5-13(20)16(15)21/h5-6,12H,7-11H2,1-4H3. The molecule has 1 aromatic carbocycles. The molecule has 1 heterocycles. The van der Waals surface area contributed by atoms with Crippen LogP contribution in [0.15, 0.2) is 12.1 Å². The molecule has 4 nitrogen and oxygen atoms in total. The number of benzene rings is 1. The quantitative estimate of drug-likeness (QED) is 0.673. The second kappa shape index (κ2) is 6.55. The summed E-state index contributed by atoms with van der Waals surface area (Å²) < 4.78 is 11.0. The van der Waals surface area contributed by atoms with E-state index in [-0.39, 0.29) is 11.5 Å². The smallest absolute Gasteiger partial charge is 0.410 e. The molecule has 1 aromatic rings. The number of rotatable bonds is 2. The first-order chi connectivity index (χ1) is 11.7. The van der Waals surface area contributed by atoms with Gasteiger partial charge in [-0.15, -0.1) is 0 Å². The SMILES string of the molecule is COc1ccc(Cl)c(Cl)c1C1CC12CCN(C(=O)OC(C)(C)C)CC2. The van der Waals surface area contributed by atoms with Gasteiger partial charge in [0.15, 0.2) is 0 Å². The summed E-state index contributed by atoms with van der Waals surface area (Å²) in [4.78, 5) is 14.0. The van der Waals surface area contributed by atoms with E-state index in [1.807, 2.05) is 31.7 Å². The minimum atomic E-state index is -0.462. The Labute approximate surface area is 159 Å². The van der Waals surface area contributed by atoms with Gasteiger partial charge in [0.1, 0.15) is 11.4 Å². The normalized spacial score (nSPS) is 22.0. The van der Waals surface area contributed by atoms with E-state index in [1.165, 1.54) is 0 Å². The Balaban J connectivity index is 1.69. The number of hydrogen-bond donors (Lipinski definition) is 0. The Bertz CT molecular complexity index is 676. The molecule has 1 saturated heterocycles. The Kier molecular flexibility index (Phi) is 4.89. The predicted molar refractivity (Wildman–Crippen MR) is 99.8 cm³/mol. The van der Waals surface area contributed by atoms with E-state index in [2.05, 4.69) is 0 Å². The topological polar surface area (TPSA) is 38.8 Å². The summed E-state index contributed by atoms with van der Waals surface area (Å²) in [6.07, 6.45) is 2.73. The molecule has 138 valence electrons. The van der Waals surface area contributed by atoms with Crippen LogP contribution in [0.2, 0.25) is 10.0 Å². The molecule has 2 aliphatic rings. The van der Waals surface area contributed by atoms with Crippen molar-refractivity contribution in [2.45, 2.75) is 51.6 Å². The molecule has 1 aliphatic carbocycles. The van der Waals surface area contributed by atoms with Crippen LogP contribution in [0.1, 0.15) is 51.5 Å². The van der Waals surface area contributed by atoms with Gasteiger partial charge >= 0.3 is 6.09 Å². The van der Waals surface area contributed by atoms with E-state index < -0.39 is 5.60 Å². The van der Waals surface area contributed by atoms with Gasteiger partial charge in [0.25, 0.3) is 0 Å². The maximum atomic E-state index is 12.2. The lowest BCUT2D eigenvalue weighted by Gasteiger charge is -2.34. The average molecular weight is 386 g/mol. The van der Waals surface area contributed by atoms with Crippen molar-refractivity contribution < 1.29 is 14.3 Å². The summed E-state index contributed by atoms with van der Waals surface area (Å²) in [5, 5.41) is 1.16. The zero-order chi connectivity index (χ0) is 18.4. The molecule has 0 aromatic heterocycles. The molecule has 2 fully saturated rings. The van der Waals surface area contributed by atoms with E-state index in [0.29, 0.717) is 29.1 Å². The Hall–Kier alpha value is -1.13. The lowest BCUT2D eigenvalue weighted by atomic mass is 9.88. The van der Waals surface area contributed by atoms with Crippen LogP contribution >= 0.6 is 23.2 Å². The molecule has 0 radical (unpaired) electrons. The number of methoxy groups -OCH3 is 1. The van der Waals surface area contributed by atoms with E-state index >= 15 is 0 Å². The first kappa shape index (κ1) is 18.7. The van der Waals surface area contributed by atoms with Gasteiger partial charge in [-0.3, -0.25) is 0 Å². The summed E-state index contributed by atoms with van der Waals surface area (Å²) in [6, 6.07) is 3.65. The molecule has 3 rings (SSSR count). The fourth-order valence-electron chi connectivity index (χ4n) is 3.82. The number of ether oxygens (including phenoxy) is 2. The van der Waals surface area contributed by atoms with Crippen LogP contribution < -0.4 is 4.74 Å². The van der Waals surface area contributed by atoms with E-state index in [0.717, 1.165) is 30.6 Å². The Morgan fingerprint density at radius 1 is 1.24 bits per heavy atom. The molecule has 1 aliphatic heterocycles. The molecule has 0 bridgehead atoms. The van der Waals surface area contributed by atoms with Crippen molar-refractivity contribution in [3.63, 3.8) is 0 Å². The van der Waals surface area contributed by atoms with Crippen molar-refractivity contribution >= 4 is 29.3 Å². The van der Waals surface area contributed by atoms with Crippen LogP contribution in [0.4, 0.5) is 4.79 Å². The number of carbonyl (C=O) groups excluding carboxylic acids is 1. The summed E-state index contributed by atoms with van der Waals surface area (Å²) in [6.45, 7) is 7.10. The molecular weight excluding hydrogens is 361 g/mol. The molecule has 0 N–H and O–H groups in total. The van der Waals surface area contributed by atoms with Crippen LogP contribution in [-0.4, -0.2) is 36.8 Å². The fraction of sp³-hybridized carbons (Fsp3) is 0.632. The number of amides is 1. The predicted octanol–water partition coefficient (Wildman–Crippen LogP) is 5.51. The highest BCUT2D eigenvalue weighted by molar-refractivity contribution is 6.42. The summed E-state index contributed by atoms with van der Waals surface area (Å²) in [5.41, 5.74) is 0.748. The zero-order valence-electron chi connectivity index (χ0n) is 15.2. The highest BCUT2D eigenvalue weighted by Crippen LogP contribution is 2.67. The molecule has 1 amide bonds. The van der Waals surface area contributed by atoms with Crippen molar-refractivity contribution in [2.75, 3.05) is 20.2 Å². The second-order valence-corrected chi connectivity index (χ2v) is 8.85. The van der Waals surface area contributed by atoms with Crippen LogP contribution in [0.25, 0.3) is 0 Å². The fourth-order valence-corrected chi connectivity index (χ4v) is 4.27. The van der Waals surface area contributed by atoms with Crippen molar-refractivity contribution in [1.29, 1.82) is 0 Å². The van der Waals surface area contributed by atoms with Crippen LogP contribution in [0, 0.1) is 5.41 Å². The minimum absolute atomic E-state index is 0.195. The molecule has 6 heteroatoms. The van der Waals surface area contributed by atoms with Crippen LogP contribution in [0.3, 0.4) is 0 Å². The maximum Gasteiger partial charge on any atom is 0.410 e. The number of hydrogen-bond acceptors (Lipinski definition) is 3. The number of nitrogens with zero attached hydrogens (tertiary/aromatic N) is 1. The third-order valence-electron chi connectivity index (χ3n) is 5.26. The molecule has 1 spiro atoms. The third kappa shape index (κ3) is 3.70. The van der Waals surface area contributed by atoms with Gasteiger partial charge in [0.05, 0.1) is 17.2 Å². The number of likely N-dealkylation sites (tertiary alicyclic amines) is 1. The maximum absolute atomic E-state index is 12.2. The van der Waals surface area contributed by atoms with Crippen molar-refractivity contribution in [3.05, 3.63) is 27.7 Å². The first-order valence-corrected chi connectivity index (χ1v) is 9.42. The summed E-state index contributed by atoms with van der Waals surface area (Å²) in [7, 11) is 1.66. The Morgan fingerprint density at radius 3 is 2.44 bits per heavy atom. The summed E-state index contributed by atoms with van der Waals surface area (Å²) >= 11 is 12.7. The first-order valence-electron chi connectivity index (χ1n) is 8.67. The number of carbonyl (C=O) groups is 1. The monoisotopic (exact) mass is 385 g/mol. The lowest BCUT2D eigenvalue weighted by molar-refractivity contribution is 0.0170. The van der Waals surface area contributed by atoms with Crippen molar-refractivity contribution in [2.24, 2.45) is 5.41 Å². The van der Waals surface area contributed by atoms with Gasteiger partial charge < -0.3 is 14.4 Å². The van der Waals surface area contributed by atoms with Gasteiger partial charge in [-0.25, -0.2) is 4.79 Å². The minimum Gasteiger partial charge on any atom is -0.496 e. The largest absolute Gasteiger partial charge is 0.496 e. The Morgan fingerprint density at radius 2 is 1.88 bits per heavy atom. The molecule has 1 unspecified atom stereocenters. The van der Waals surface area contributed by atoms with Gasteiger partial charge in [0, 0.05) is 18.7 Å². The van der Waals surface area contributed by atoms with Gasteiger partial charge in [0.2, 0.25) is 0 Å². The van der Waals surface area contributed by atoms with Crippen LogP contribution in [-0.2, 0) is 4.74 Å². The van der Waals surface area contributed by atoms with E-state index in [9.17, 15) is 4.79 Å². The summed E-state index contributed by atoms with van der Waals surface area (Å²) in [5.74, 6) is 1.14. The number of halogens is 2. The van der Waals surface area contributed by atoms with E-state index in [1.54, 1.807) is 13.2 Å².